The zero-order valence-corrected chi connectivity index (χ0v) is 14.8. The van der Waals surface area contributed by atoms with E-state index >= 15 is 0 Å². The quantitative estimate of drug-likeness (QED) is 0.789. The molecule has 1 aromatic carbocycles. The van der Waals surface area contributed by atoms with E-state index in [4.69, 9.17) is 21.9 Å². The van der Waals surface area contributed by atoms with Crippen molar-refractivity contribution in [2.24, 2.45) is 11.7 Å². The molecule has 134 valence electrons. The second-order valence-electron chi connectivity index (χ2n) is 6.47. The Labute approximate surface area is 152 Å². The molecule has 25 heavy (non-hydrogen) atoms. The largest absolute Gasteiger partial charge is 0.353 e. The van der Waals surface area contributed by atoms with E-state index < -0.39 is 0 Å². The fourth-order valence-electron chi connectivity index (χ4n) is 3.26. The molecule has 6 nitrogen and oxygen atoms in total. The third-order valence-electron chi connectivity index (χ3n) is 4.67. The number of nitrogens with zero attached hydrogens (tertiary/aromatic N) is 2. The molecule has 0 saturated heterocycles. The Hall–Kier alpha value is -1.92. The highest BCUT2D eigenvalue weighted by Gasteiger charge is 2.27. The minimum atomic E-state index is 0.0720. The SMILES string of the molecule is NCC1CCCC1NC(=O)CCCc1nc(-c2ccc(Cl)cc2)no1. The van der Waals surface area contributed by atoms with Crippen LogP contribution in [-0.4, -0.2) is 28.6 Å². The Balaban J connectivity index is 1.44. The maximum Gasteiger partial charge on any atom is 0.226 e. The summed E-state index contributed by atoms with van der Waals surface area (Å²) in [6.07, 6.45) is 4.99. The number of hydrogen-bond acceptors (Lipinski definition) is 5. The molecule has 2 aromatic rings. The van der Waals surface area contributed by atoms with Crippen LogP contribution in [0.15, 0.2) is 28.8 Å². The van der Waals surface area contributed by atoms with Gasteiger partial charge in [-0.05, 0) is 56.0 Å². The summed E-state index contributed by atoms with van der Waals surface area (Å²) in [4.78, 5) is 16.4. The number of halogens is 1. The maximum absolute atomic E-state index is 12.1. The number of hydrogen-bond donors (Lipinski definition) is 2. The molecule has 0 aliphatic heterocycles. The number of aromatic nitrogens is 2. The predicted molar refractivity (Wildman–Crippen MR) is 96.0 cm³/mol. The molecule has 0 bridgehead atoms. The van der Waals surface area contributed by atoms with Crippen LogP contribution in [0, 0.1) is 5.92 Å². The molecule has 2 unspecified atom stereocenters. The second-order valence-corrected chi connectivity index (χ2v) is 6.91. The Bertz CT molecular complexity index is 701. The molecule has 1 amide bonds. The summed E-state index contributed by atoms with van der Waals surface area (Å²) in [6, 6.07) is 7.50. The van der Waals surface area contributed by atoms with Gasteiger partial charge in [-0.3, -0.25) is 4.79 Å². The average Bonchev–Trinajstić information content (AvgIpc) is 3.25. The first-order chi connectivity index (χ1) is 12.2. The number of aryl methyl sites for hydroxylation is 1. The lowest BCUT2D eigenvalue weighted by molar-refractivity contribution is -0.122. The molecule has 3 rings (SSSR count). The zero-order chi connectivity index (χ0) is 17.6. The molecule has 1 aliphatic carbocycles. The minimum Gasteiger partial charge on any atom is -0.353 e. The molecule has 1 heterocycles. The number of carbonyl (C=O) groups excluding carboxylic acids is 1. The van der Waals surface area contributed by atoms with Crippen molar-refractivity contribution in [1.29, 1.82) is 0 Å². The van der Waals surface area contributed by atoms with E-state index in [9.17, 15) is 4.79 Å². The number of amides is 1. The van der Waals surface area contributed by atoms with Gasteiger partial charge in [0.1, 0.15) is 0 Å². The summed E-state index contributed by atoms with van der Waals surface area (Å²) < 4.78 is 5.26. The van der Waals surface area contributed by atoms with Crippen LogP contribution in [0.3, 0.4) is 0 Å². The molecule has 3 N–H and O–H groups in total. The van der Waals surface area contributed by atoms with E-state index in [0.717, 1.165) is 24.8 Å². The summed E-state index contributed by atoms with van der Waals surface area (Å²) >= 11 is 5.87. The van der Waals surface area contributed by atoms with E-state index in [1.165, 1.54) is 0 Å². The van der Waals surface area contributed by atoms with Crippen molar-refractivity contribution in [2.45, 2.75) is 44.6 Å². The fraction of sp³-hybridized carbons (Fsp3) is 0.500. The van der Waals surface area contributed by atoms with Crippen molar-refractivity contribution < 1.29 is 9.32 Å². The molecular formula is C18H23ClN4O2. The fourth-order valence-corrected chi connectivity index (χ4v) is 3.39. The van der Waals surface area contributed by atoms with Gasteiger partial charge in [0.2, 0.25) is 17.6 Å². The smallest absolute Gasteiger partial charge is 0.226 e. The van der Waals surface area contributed by atoms with Crippen molar-refractivity contribution >= 4 is 17.5 Å². The molecule has 0 spiro atoms. The third kappa shape index (κ3) is 4.80. The number of nitrogens with one attached hydrogen (secondary N) is 1. The van der Waals surface area contributed by atoms with Crippen LogP contribution < -0.4 is 11.1 Å². The maximum atomic E-state index is 12.1. The molecule has 1 fully saturated rings. The summed E-state index contributed by atoms with van der Waals surface area (Å²) in [6.45, 7) is 0.639. The Morgan fingerprint density at radius 1 is 1.32 bits per heavy atom. The van der Waals surface area contributed by atoms with Crippen molar-refractivity contribution in [2.75, 3.05) is 6.54 Å². The first kappa shape index (κ1) is 17.9. The Morgan fingerprint density at radius 2 is 2.12 bits per heavy atom. The van der Waals surface area contributed by atoms with Crippen LogP contribution in [0.4, 0.5) is 0 Å². The monoisotopic (exact) mass is 362 g/mol. The lowest BCUT2D eigenvalue weighted by atomic mass is 10.0. The van der Waals surface area contributed by atoms with Crippen molar-refractivity contribution in [3.63, 3.8) is 0 Å². The van der Waals surface area contributed by atoms with Crippen LogP contribution in [0.5, 0.6) is 0 Å². The highest BCUT2D eigenvalue weighted by atomic mass is 35.5. The first-order valence-electron chi connectivity index (χ1n) is 8.73. The van der Waals surface area contributed by atoms with Crippen LogP contribution in [0.2, 0.25) is 5.02 Å². The average molecular weight is 363 g/mol. The van der Waals surface area contributed by atoms with Gasteiger partial charge < -0.3 is 15.6 Å². The molecule has 1 aliphatic rings. The highest BCUT2D eigenvalue weighted by molar-refractivity contribution is 6.30. The van der Waals surface area contributed by atoms with Crippen LogP contribution in [-0.2, 0) is 11.2 Å². The van der Waals surface area contributed by atoms with E-state index in [0.29, 0.717) is 48.5 Å². The summed E-state index contributed by atoms with van der Waals surface area (Å²) in [5, 5.41) is 7.74. The molecule has 1 saturated carbocycles. The summed E-state index contributed by atoms with van der Waals surface area (Å²) in [5.41, 5.74) is 6.60. The third-order valence-corrected chi connectivity index (χ3v) is 4.93. The minimum absolute atomic E-state index is 0.0720. The predicted octanol–water partition coefficient (Wildman–Crippen LogP) is 2.96. The molecular weight excluding hydrogens is 340 g/mol. The summed E-state index contributed by atoms with van der Waals surface area (Å²) in [5.74, 6) is 1.57. The normalized spacial score (nSPS) is 19.9. The van der Waals surface area contributed by atoms with Gasteiger partial charge >= 0.3 is 0 Å². The van der Waals surface area contributed by atoms with E-state index in [2.05, 4.69) is 15.5 Å². The van der Waals surface area contributed by atoms with E-state index in [1.807, 2.05) is 12.1 Å². The van der Waals surface area contributed by atoms with Gasteiger partial charge in [0, 0.05) is 29.5 Å². The van der Waals surface area contributed by atoms with Gasteiger partial charge in [0.25, 0.3) is 0 Å². The molecule has 2 atom stereocenters. The van der Waals surface area contributed by atoms with Gasteiger partial charge in [-0.15, -0.1) is 0 Å². The standard InChI is InChI=1S/C18H23ClN4O2/c19-14-9-7-12(8-10-14)18-22-17(25-23-18)6-2-5-16(24)21-15-4-1-3-13(15)11-20/h7-10,13,15H,1-6,11,20H2,(H,21,24). The van der Waals surface area contributed by atoms with Gasteiger partial charge in [-0.1, -0.05) is 23.2 Å². The second kappa shape index (κ2) is 8.45. The molecule has 7 heteroatoms. The van der Waals surface area contributed by atoms with Crippen molar-refractivity contribution in [3.8, 4) is 11.4 Å². The highest BCUT2D eigenvalue weighted by Crippen LogP contribution is 2.24. The van der Waals surface area contributed by atoms with E-state index in [-0.39, 0.29) is 11.9 Å². The number of benzene rings is 1. The van der Waals surface area contributed by atoms with Crippen LogP contribution >= 0.6 is 11.6 Å². The topological polar surface area (TPSA) is 94.0 Å². The lowest BCUT2D eigenvalue weighted by Crippen LogP contribution is -2.39. The van der Waals surface area contributed by atoms with Crippen molar-refractivity contribution in [1.82, 2.24) is 15.5 Å². The van der Waals surface area contributed by atoms with Crippen LogP contribution in [0.1, 0.15) is 38.0 Å². The Morgan fingerprint density at radius 3 is 2.88 bits per heavy atom. The van der Waals surface area contributed by atoms with E-state index in [1.54, 1.807) is 12.1 Å². The van der Waals surface area contributed by atoms with Crippen molar-refractivity contribution in [3.05, 3.63) is 35.2 Å². The van der Waals surface area contributed by atoms with Gasteiger partial charge in [0.15, 0.2) is 0 Å². The number of carbonyl (C=O) groups is 1. The summed E-state index contributed by atoms with van der Waals surface area (Å²) in [7, 11) is 0. The number of nitrogens with two attached hydrogens (primary N) is 1. The first-order valence-corrected chi connectivity index (χ1v) is 9.11. The van der Waals surface area contributed by atoms with Crippen LogP contribution in [0.25, 0.3) is 11.4 Å². The lowest BCUT2D eigenvalue weighted by Gasteiger charge is -2.19. The zero-order valence-electron chi connectivity index (χ0n) is 14.1. The molecule has 1 aromatic heterocycles. The van der Waals surface area contributed by atoms with Gasteiger partial charge in [0.05, 0.1) is 0 Å². The number of rotatable bonds is 7. The Kier molecular flexibility index (Phi) is 6.04. The van der Waals surface area contributed by atoms with Gasteiger partial charge in [-0.2, -0.15) is 4.98 Å². The molecule has 0 radical (unpaired) electrons. The van der Waals surface area contributed by atoms with Gasteiger partial charge in [-0.25, -0.2) is 0 Å².